The van der Waals surface area contributed by atoms with Crippen molar-refractivity contribution < 1.29 is 9.09 Å². The van der Waals surface area contributed by atoms with E-state index in [9.17, 15) is 4.57 Å². The molecule has 1 aliphatic heterocycles. The first-order valence-electron chi connectivity index (χ1n) is 6.04. The third-order valence-electron chi connectivity index (χ3n) is 3.05. The van der Waals surface area contributed by atoms with Crippen molar-refractivity contribution in [1.29, 1.82) is 0 Å². The van der Waals surface area contributed by atoms with E-state index in [2.05, 4.69) is 6.58 Å². The highest BCUT2D eigenvalue weighted by Gasteiger charge is 2.36. The summed E-state index contributed by atoms with van der Waals surface area (Å²) < 4.78 is 18.6. The van der Waals surface area contributed by atoms with Gasteiger partial charge < -0.3 is 4.52 Å². The van der Waals surface area contributed by atoms with E-state index in [1.807, 2.05) is 44.2 Å². The van der Waals surface area contributed by atoms with Gasteiger partial charge in [-0.3, -0.25) is 4.57 Å². The molecule has 0 amide bonds. The third-order valence-corrected chi connectivity index (χ3v) is 5.50. The maximum Gasteiger partial charge on any atom is 0.277 e. The SMILES string of the molecule is C=C/C=C1\C(=C/C)c2ccccc2OP1(=O)CC. The summed E-state index contributed by atoms with van der Waals surface area (Å²) in [6.07, 6.45) is 5.94. The zero-order chi connectivity index (χ0) is 13.2. The molecule has 0 saturated carbocycles. The van der Waals surface area contributed by atoms with Crippen molar-refractivity contribution in [3.05, 3.63) is 60.0 Å². The number of benzene rings is 1. The second-order valence-electron chi connectivity index (χ2n) is 4.07. The van der Waals surface area contributed by atoms with E-state index < -0.39 is 7.37 Å². The summed E-state index contributed by atoms with van der Waals surface area (Å²) in [5.74, 6) is 0.706. The van der Waals surface area contributed by atoms with E-state index in [1.54, 1.807) is 12.2 Å². The average molecular weight is 260 g/mol. The molecule has 1 atom stereocenters. The predicted molar refractivity (Wildman–Crippen MR) is 77.1 cm³/mol. The number of rotatable bonds is 2. The predicted octanol–water partition coefficient (Wildman–Crippen LogP) is 4.85. The molecule has 1 aromatic rings. The van der Waals surface area contributed by atoms with Gasteiger partial charge in [0, 0.05) is 11.7 Å². The van der Waals surface area contributed by atoms with Crippen LogP contribution in [0.25, 0.3) is 5.57 Å². The fourth-order valence-electron chi connectivity index (χ4n) is 2.15. The summed E-state index contributed by atoms with van der Waals surface area (Å²) >= 11 is 0. The molecular weight excluding hydrogens is 243 g/mol. The van der Waals surface area contributed by atoms with Crippen LogP contribution >= 0.6 is 7.37 Å². The minimum Gasteiger partial charge on any atom is -0.439 e. The maximum absolute atomic E-state index is 12.9. The van der Waals surface area contributed by atoms with E-state index in [0.717, 1.165) is 16.5 Å². The number of hydrogen-bond acceptors (Lipinski definition) is 2. The number of para-hydroxylation sites is 1. The van der Waals surface area contributed by atoms with Gasteiger partial charge in [-0.15, -0.1) is 0 Å². The molecule has 3 heteroatoms. The smallest absolute Gasteiger partial charge is 0.277 e. The molecule has 0 spiro atoms. The molecule has 0 aromatic heterocycles. The first-order chi connectivity index (χ1) is 8.66. The van der Waals surface area contributed by atoms with Crippen LogP contribution in [0.2, 0.25) is 0 Å². The van der Waals surface area contributed by atoms with E-state index in [-0.39, 0.29) is 0 Å². The summed E-state index contributed by atoms with van der Waals surface area (Å²) in [4.78, 5) is 0. The molecule has 1 heterocycles. The highest BCUT2D eigenvalue weighted by Crippen LogP contribution is 2.63. The van der Waals surface area contributed by atoms with E-state index in [4.69, 9.17) is 4.52 Å². The van der Waals surface area contributed by atoms with Crippen LogP contribution in [-0.2, 0) is 4.57 Å². The molecule has 0 saturated heterocycles. The van der Waals surface area contributed by atoms with Crippen molar-refractivity contribution in [2.45, 2.75) is 13.8 Å². The van der Waals surface area contributed by atoms with Crippen molar-refractivity contribution in [3.8, 4) is 5.75 Å². The van der Waals surface area contributed by atoms with Gasteiger partial charge in [0.05, 0.1) is 5.31 Å². The Morgan fingerprint density at radius 3 is 2.72 bits per heavy atom. The molecular formula is C15H17O2P. The normalized spacial score (nSPS) is 26.8. The lowest BCUT2D eigenvalue weighted by Gasteiger charge is -2.29. The lowest BCUT2D eigenvalue weighted by Crippen LogP contribution is -2.08. The minimum atomic E-state index is -2.80. The molecule has 0 radical (unpaired) electrons. The number of hydrogen-bond donors (Lipinski definition) is 0. The van der Waals surface area contributed by atoms with Gasteiger partial charge in [0.2, 0.25) is 0 Å². The Morgan fingerprint density at radius 1 is 1.39 bits per heavy atom. The van der Waals surface area contributed by atoms with Crippen LogP contribution in [0.15, 0.2) is 54.4 Å². The van der Waals surface area contributed by atoms with E-state index in [0.29, 0.717) is 11.9 Å². The van der Waals surface area contributed by atoms with Gasteiger partial charge in [-0.1, -0.05) is 43.9 Å². The second-order valence-corrected chi connectivity index (χ2v) is 6.71. The van der Waals surface area contributed by atoms with Gasteiger partial charge in [0.15, 0.2) is 0 Å². The van der Waals surface area contributed by atoms with Crippen LogP contribution in [0.5, 0.6) is 5.75 Å². The summed E-state index contributed by atoms with van der Waals surface area (Å²) in [7, 11) is -2.80. The van der Waals surface area contributed by atoms with Crippen LogP contribution in [0, 0.1) is 0 Å². The zero-order valence-electron chi connectivity index (χ0n) is 10.7. The lowest BCUT2D eigenvalue weighted by molar-refractivity contribution is 0.487. The molecule has 0 fully saturated rings. The van der Waals surface area contributed by atoms with Gasteiger partial charge in [-0.25, -0.2) is 0 Å². The maximum atomic E-state index is 12.9. The molecule has 1 unspecified atom stereocenters. The summed E-state index contributed by atoms with van der Waals surface area (Å²) in [6, 6.07) is 7.71. The van der Waals surface area contributed by atoms with E-state index >= 15 is 0 Å². The Kier molecular flexibility index (Phi) is 3.58. The molecule has 18 heavy (non-hydrogen) atoms. The zero-order valence-corrected chi connectivity index (χ0v) is 11.6. The van der Waals surface area contributed by atoms with Gasteiger partial charge in [-0.2, -0.15) is 0 Å². The third kappa shape index (κ3) is 1.97. The standard InChI is InChI=1S/C15H17O2P/c1-4-9-15-12(5-2)13-10-7-8-11-14(13)17-18(15,16)6-3/h4-5,7-11H,1,6H2,2-3H3/b12-5-,15-9+. The van der Waals surface area contributed by atoms with Crippen LogP contribution in [0.4, 0.5) is 0 Å². The van der Waals surface area contributed by atoms with Crippen LogP contribution < -0.4 is 4.52 Å². The van der Waals surface area contributed by atoms with Crippen LogP contribution in [0.1, 0.15) is 19.4 Å². The Hall–Kier alpha value is -1.53. The highest BCUT2D eigenvalue weighted by molar-refractivity contribution is 7.64. The Morgan fingerprint density at radius 2 is 2.11 bits per heavy atom. The van der Waals surface area contributed by atoms with Crippen LogP contribution in [-0.4, -0.2) is 6.16 Å². The average Bonchev–Trinajstić information content (AvgIpc) is 2.40. The molecule has 0 N–H and O–H groups in total. The monoisotopic (exact) mass is 260 g/mol. The quantitative estimate of drug-likeness (QED) is 0.710. The number of allylic oxidation sites excluding steroid dienone is 5. The molecule has 2 nitrogen and oxygen atoms in total. The Balaban J connectivity index is 2.72. The van der Waals surface area contributed by atoms with Gasteiger partial charge >= 0.3 is 0 Å². The Bertz CT molecular complexity index is 582. The van der Waals surface area contributed by atoms with Crippen molar-refractivity contribution in [2.75, 3.05) is 6.16 Å². The van der Waals surface area contributed by atoms with Gasteiger partial charge in [-0.05, 0) is 24.6 Å². The first-order valence-corrected chi connectivity index (χ1v) is 7.85. The fourth-order valence-corrected chi connectivity index (χ4v) is 4.15. The molecule has 0 bridgehead atoms. The Labute approximate surface area is 108 Å². The number of fused-ring (bicyclic) bond motifs is 1. The summed E-state index contributed by atoms with van der Waals surface area (Å²) in [5, 5.41) is 0.765. The van der Waals surface area contributed by atoms with Crippen molar-refractivity contribution in [1.82, 2.24) is 0 Å². The van der Waals surface area contributed by atoms with Crippen molar-refractivity contribution in [2.24, 2.45) is 0 Å². The van der Waals surface area contributed by atoms with Crippen molar-refractivity contribution >= 4 is 12.9 Å². The molecule has 0 aliphatic carbocycles. The minimum absolute atomic E-state index is 0.484. The molecule has 2 rings (SSSR count). The first kappa shape index (κ1) is 12.9. The van der Waals surface area contributed by atoms with E-state index in [1.165, 1.54) is 0 Å². The van der Waals surface area contributed by atoms with Gasteiger partial charge in [0.1, 0.15) is 5.75 Å². The topological polar surface area (TPSA) is 26.3 Å². The lowest BCUT2D eigenvalue weighted by atomic mass is 10.0. The van der Waals surface area contributed by atoms with Crippen LogP contribution in [0.3, 0.4) is 0 Å². The molecule has 1 aliphatic rings. The highest BCUT2D eigenvalue weighted by atomic mass is 31.2. The second kappa shape index (κ2) is 4.99. The molecule has 1 aromatic carbocycles. The molecule has 94 valence electrons. The largest absolute Gasteiger partial charge is 0.439 e. The summed E-state index contributed by atoms with van der Waals surface area (Å²) in [6.45, 7) is 7.54. The van der Waals surface area contributed by atoms with Crippen molar-refractivity contribution in [3.63, 3.8) is 0 Å². The fraction of sp³-hybridized carbons (Fsp3) is 0.200. The van der Waals surface area contributed by atoms with Gasteiger partial charge in [0.25, 0.3) is 7.37 Å². The summed E-state index contributed by atoms with van der Waals surface area (Å²) in [5.41, 5.74) is 1.98.